The SMILES string of the molecule is Nc1ccc2c(S(=O)(=O)O)ccc(O)c2c1/N=N/c1ccc(NC(=O)Nc2ccc(/N=N/c3c(N)ccc4c(S(=O)(=O)O)ccc(O)c34)c(S(=O)(=O)O)c2)cc1S(=O)(=O)O. The summed E-state index contributed by atoms with van der Waals surface area (Å²) >= 11 is 0. The second-order valence-corrected chi connectivity index (χ2v) is 17.8. The summed E-state index contributed by atoms with van der Waals surface area (Å²) in [6.45, 7) is 0. The Kier molecular flexibility index (Phi) is 11.0. The first kappa shape index (κ1) is 42.7. The van der Waals surface area contributed by atoms with Gasteiger partial charge in [0, 0.05) is 22.1 Å². The highest BCUT2D eigenvalue weighted by Crippen LogP contribution is 2.43. The first-order valence-corrected chi connectivity index (χ1v) is 21.8. The van der Waals surface area contributed by atoms with Gasteiger partial charge in [0.2, 0.25) is 0 Å². The summed E-state index contributed by atoms with van der Waals surface area (Å²) in [6.07, 6.45) is 0. The molecule has 12 N–H and O–H groups in total. The van der Waals surface area contributed by atoms with Gasteiger partial charge in [-0.1, -0.05) is 12.1 Å². The van der Waals surface area contributed by atoms with E-state index in [-0.39, 0.29) is 55.7 Å². The van der Waals surface area contributed by atoms with E-state index in [9.17, 15) is 66.9 Å². The predicted molar refractivity (Wildman–Crippen MR) is 213 cm³/mol. The topological polar surface area (TPSA) is 401 Å². The third-order valence-electron chi connectivity index (χ3n) is 8.31. The number of azo groups is 2. The molecule has 0 aliphatic rings. The Morgan fingerprint density at radius 3 is 1.15 bits per heavy atom. The monoisotopic (exact) mass is 902 g/mol. The molecular formula is C33H26N8O15S4. The van der Waals surface area contributed by atoms with Crippen LogP contribution in [-0.2, 0) is 40.5 Å². The largest absolute Gasteiger partial charge is 0.507 e. The molecule has 0 bridgehead atoms. The number of hydrogen-bond donors (Lipinski definition) is 10. The molecule has 27 heteroatoms. The number of anilines is 4. The number of amides is 2. The number of carbonyl (C=O) groups is 1. The minimum Gasteiger partial charge on any atom is -0.507 e. The van der Waals surface area contributed by atoms with Crippen LogP contribution in [0, 0.1) is 0 Å². The first-order chi connectivity index (χ1) is 27.8. The molecule has 0 aliphatic heterocycles. The molecule has 0 atom stereocenters. The van der Waals surface area contributed by atoms with Crippen molar-refractivity contribution in [1.29, 1.82) is 0 Å². The van der Waals surface area contributed by atoms with E-state index in [1.165, 1.54) is 24.3 Å². The standard InChI is InChI=1S/C33H26N8O15S4/c34-19-5-3-17-25(57(45,46)47)11-9-23(42)29(17)31(19)40-38-21-7-1-15(13-27(21)59(51,52)53)36-33(44)37-16-2-8-22(28(14-16)60(54,55)56)39-41-32-20(35)6-4-18-26(58(48,49)50)12-10-24(43)30(18)32/h1-14,42-43H,34-35H2,(H2,36,37,44)(H,45,46,47)(H,48,49,50)(H,51,52,53)(H,54,55,56)/b40-38+,41-39+. The zero-order chi connectivity index (χ0) is 44.1. The maximum Gasteiger partial charge on any atom is 0.323 e. The van der Waals surface area contributed by atoms with Crippen molar-refractivity contribution in [1.82, 2.24) is 0 Å². The molecule has 0 aliphatic carbocycles. The molecule has 6 aromatic carbocycles. The molecule has 0 spiro atoms. The Labute approximate surface area is 337 Å². The summed E-state index contributed by atoms with van der Waals surface area (Å²) in [5.41, 5.74) is 9.29. The number of rotatable bonds is 10. The van der Waals surface area contributed by atoms with Crippen molar-refractivity contribution < 1.29 is 66.9 Å². The van der Waals surface area contributed by atoms with E-state index in [4.69, 9.17) is 11.5 Å². The molecule has 6 aromatic rings. The molecule has 0 saturated carbocycles. The Bertz CT molecular complexity index is 3120. The van der Waals surface area contributed by atoms with Crippen LogP contribution in [-0.4, -0.2) is 68.1 Å². The number of urea groups is 1. The average molecular weight is 903 g/mol. The Morgan fingerprint density at radius 2 is 0.817 bits per heavy atom. The lowest BCUT2D eigenvalue weighted by Crippen LogP contribution is -2.19. The van der Waals surface area contributed by atoms with Crippen LogP contribution < -0.4 is 22.1 Å². The third-order valence-corrected chi connectivity index (χ3v) is 11.9. The van der Waals surface area contributed by atoms with Crippen LogP contribution in [0.3, 0.4) is 0 Å². The number of phenols is 2. The Hall–Kier alpha value is -6.85. The minimum absolute atomic E-state index is 0.169. The van der Waals surface area contributed by atoms with Gasteiger partial charge in [0.15, 0.2) is 0 Å². The lowest BCUT2D eigenvalue weighted by atomic mass is 10.1. The van der Waals surface area contributed by atoms with Gasteiger partial charge >= 0.3 is 6.03 Å². The van der Waals surface area contributed by atoms with Gasteiger partial charge in [0.05, 0.1) is 22.1 Å². The molecule has 60 heavy (non-hydrogen) atoms. The van der Waals surface area contributed by atoms with Gasteiger partial charge < -0.3 is 32.3 Å². The average Bonchev–Trinajstić information content (AvgIpc) is 3.13. The number of phenolic OH excluding ortho intramolecular Hbond substituents is 2. The summed E-state index contributed by atoms with van der Waals surface area (Å²) in [5, 5.41) is 39.8. The number of nitrogen functional groups attached to an aromatic ring is 2. The zero-order valence-corrected chi connectivity index (χ0v) is 32.8. The quantitative estimate of drug-likeness (QED) is 0.0426. The maximum absolute atomic E-state index is 13.0. The van der Waals surface area contributed by atoms with Crippen LogP contribution in [0.25, 0.3) is 21.5 Å². The molecule has 0 unspecified atom stereocenters. The number of benzene rings is 6. The van der Waals surface area contributed by atoms with Crippen LogP contribution >= 0.6 is 0 Å². The second kappa shape index (κ2) is 15.4. The van der Waals surface area contributed by atoms with Crippen LogP contribution in [0.15, 0.2) is 125 Å². The van der Waals surface area contributed by atoms with Crippen LogP contribution in [0.4, 0.5) is 50.3 Å². The molecule has 6 rings (SSSR count). The van der Waals surface area contributed by atoms with Crippen molar-refractivity contribution >= 4 is 114 Å². The van der Waals surface area contributed by atoms with E-state index in [0.29, 0.717) is 0 Å². The van der Waals surface area contributed by atoms with Crippen molar-refractivity contribution in [3.05, 3.63) is 84.9 Å². The van der Waals surface area contributed by atoms with Crippen molar-refractivity contribution in [3.8, 4) is 11.5 Å². The second-order valence-electron chi connectivity index (χ2n) is 12.3. The number of nitrogens with zero attached hydrogens (tertiary/aromatic N) is 4. The van der Waals surface area contributed by atoms with Gasteiger partial charge in [0.25, 0.3) is 40.5 Å². The summed E-state index contributed by atoms with van der Waals surface area (Å²) in [5.74, 6) is -1.07. The van der Waals surface area contributed by atoms with E-state index < -0.39 is 89.0 Å². The lowest BCUT2D eigenvalue weighted by molar-refractivity contribution is 0.262. The fourth-order valence-corrected chi connectivity index (χ4v) is 8.40. The van der Waals surface area contributed by atoms with Gasteiger partial charge in [-0.25, -0.2) is 4.79 Å². The van der Waals surface area contributed by atoms with E-state index in [1.807, 2.05) is 0 Å². The highest BCUT2D eigenvalue weighted by atomic mass is 32.2. The summed E-state index contributed by atoms with van der Waals surface area (Å²) in [7, 11) is -19.8. The molecule has 2 amide bonds. The molecule has 0 heterocycles. The number of nitrogens with two attached hydrogens (primary N) is 2. The van der Waals surface area contributed by atoms with Crippen molar-refractivity contribution in [2.45, 2.75) is 19.6 Å². The fraction of sp³-hybridized carbons (Fsp3) is 0. The number of fused-ring (bicyclic) bond motifs is 2. The molecule has 0 saturated heterocycles. The maximum atomic E-state index is 13.0. The number of aromatic hydroxyl groups is 2. The Morgan fingerprint density at radius 1 is 0.467 bits per heavy atom. The lowest BCUT2D eigenvalue weighted by Gasteiger charge is -2.12. The molecule has 0 aromatic heterocycles. The summed E-state index contributed by atoms with van der Waals surface area (Å²) in [4.78, 5) is 9.90. The van der Waals surface area contributed by atoms with Crippen molar-refractivity contribution in [3.63, 3.8) is 0 Å². The van der Waals surface area contributed by atoms with E-state index in [1.54, 1.807) is 0 Å². The van der Waals surface area contributed by atoms with Crippen LogP contribution in [0.1, 0.15) is 0 Å². The van der Waals surface area contributed by atoms with Gasteiger partial charge in [-0.2, -0.15) is 33.7 Å². The highest BCUT2D eigenvalue weighted by molar-refractivity contribution is 7.86. The first-order valence-electron chi connectivity index (χ1n) is 16.0. The fourth-order valence-electron chi connectivity index (χ4n) is 5.73. The number of carbonyl (C=O) groups excluding carboxylic acids is 1. The highest BCUT2D eigenvalue weighted by Gasteiger charge is 2.23. The number of nitrogens with one attached hydrogen (secondary N) is 2. The van der Waals surface area contributed by atoms with Gasteiger partial charge in [0.1, 0.15) is 53.8 Å². The smallest absolute Gasteiger partial charge is 0.323 e. The molecular weight excluding hydrogens is 877 g/mol. The molecule has 0 fully saturated rings. The molecule has 312 valence electrons. The van der Waals surface area contributed by atoms with E-state index >= 15 is 0 Å². The Balaban J connectivity index is 1.29. The van der Waals surface area contributed by atoms with Gasteiger partial charge in [-0.3, -0.25) is 18.2 Å². The summed E-state index contributed by atoms with van der Waals surface area (Å²) in [6, 6.07) is 13.0. The normalized spacial score (nSPS) is 12.7. The minimum atomic E-state index is -5.11. The van der Waals surface area contributed by atoms with E-state index in [0.717, 1.165) is 60.7 Å². The molecule has 0 radical (unpaired) electrons. The van der Waals surface area contributed by atoms with Crippen LogP contribution in [0.2, 0.25) is 0 Å². The number of hydrogen-bond acceptors (Lipinski definition) is 17. The van der Waals surface area contributed by atoms with Crippen molar-refractivity contribution in [2.75, 3.05) is 22.1 Å². The zero-order valence-electron chi connectivity index (χ0n) is 29.5. The van der Waals surface area contributed by atoms with Gasteiger partial charge in [-0.15, -0.1) is 20.5 Å². The van der Waals surface area contributed by atoms with Crippen LogP contribution in [0.5, 0.6) is 11.5 Å². The third kappa shape index (κ3) is 8.76. The molecule has 23 nitrogen and oxygen atoms in total. The predicted octanol–water partition coefficient (Wildman–Crippen LogP) is 6.03. The van der Waals surface area contributed by atoms with Crippen molar-refractivity contribution in [2.24, 2.45) is 20.5 Å². The van der Waals surface area contributed by atoms with E-state index in [2.05, 4.69) is 31.1 Å². The van der Waals surface area contributed by atoms with Gasteiger partial charge in [-0.05, 0) is 72.8 Å². The summed E-state index contributed by atoms with van der Waals surface area (Å²) < 4.78 is 136.